The Morgan fingerprint density at radius 2 is 2.33 bits per heavy atom. The first-order valence-electron chi connectivity index (χ1n) is 4.59. The normalized spacial score (nSPS) is 19.1. The van der Waals surface area contributed by atoms with Crippen molar-refractivity contribution in [3.8, 4) is 5.75 Å². The highest BCUT2D eigenvalue weighted by Gasteiger charge is 2.27. The van der Waals surface area contributed by atoms with Gasteiger partial charge in [-0.15, -0.1) is 0 Å². The van der Waals surface area contributed by atoms with Crippen LogP contribution in [0.1, 0.15) is 5.56 Å². The van der Waals surface area contributed by atoms with Crippen molar-refractivity contribution in [2.24, 2.45) is 5.73 Å². The van der Waals surface area contributed by atoms with Crippen molar-refractivity contribution in [1.29, 1.82) is 0 Å². The summed E-state index contributed by atoms with van der Waals surface area (Å²) in [6, 6.07) is 3.75. The van der Waals surface area contributed by atoms with Crippen molar-refractivity contribution in [2.45, 2.75) is 13.0 Å². The Kier molecular flexibility index (Phi) is 2.67. The summed E-state index contributed by atoms with van der Waals surface area (Å²) >= 11 is 3.36. The molecule has 0 aromatic heterocycles. The van der Waals surface area contributed by atoms with Gasteiger partial charge in [0.25, 0.3) is 5.91 Å². The van der Waals surface area contributed by atoms with Crippen LogP contribution in [0.25, 0.3) is 0 Å². The Bertz CT molecular complexity index is 420. The van der Waals surface area contributed by atoms with E-state index in [1.807, 2.05) is 19.1 Å². The third kappa shape index (κ3) is 1.85. The van der Waals surface area contributed by atoms with Gasteiger partial charge in [-0.2, -0.15) is 0 Å². The van der Waals surface area contributed by atoms with Crippen LogP contribution in [0.2, 0.25) is 0 Å². The average Bonchev–Trinajstić information content (AvgIpc) is 2.16. The number of carbonyl (C=O) groups excluding carboxylic acids is 1. The molecule has 1 atom stereocenters. The van der Waals surface area contributed by atoms with Crippen molar-refractivity contribution in [2.75, 3.05) is 11.9 Å². The number of hydrogen-bond donors (Lipinski definition) is 2. The number of amides is 1. The van der Waals surface area contributed by atoms with E-state index in [0.717, 1.165) is 10.0 Å². The first-order valence-corrected chi connectivity index (χ1v) is 5.39. The van der Waals surface area contributed by atoms with Gasteiger partial charge in [-0.05, 0) is 24.6 Å². The number of aryl methyl sites for hydroxylation is 1. The highest BCUT2D eigenvalue weighted by molar-refractivity contribution is 9.10. The van der Waals surface area contributed by atoms with E-state index in [2.05, 4.69) is 21.2 Å². The molecule has 1 aliphatic rings. The van der Waals surface area contributed by atoms with Crippen molar-refractivity contribution < 1.29 is 9.53 Å². The van der Waals surface area contributed by atoms with Crippen LogP contribution in [0.5, 0.6) is 5.75 Å². The topological polar surface area (TPSA) is 64.3 Å². The summed E-state index contributed by atoms with van der Waals surface area (Å²) in [5.41, 5.74) is 7.10. The van der Waals surface area contributed by atoms with Crippen LogP contribution in [0.3, 0.4) is 0 Å². The summed E-state index contributed by atoms with van der Waals surface area (Å²) in [4.78, 5) is 11.5. The zero-order valence-corrected chi connectivity index (χ0v) is 9.80. The summed E-state index contributed by atoms with van der Waals surface area (Å²) in [5, 5.41) is 2.77. The molecule has 0 radical (unpaired) electrons. The summed E-state index contributed by atoms with van der Waals surface area (Å²) < 4.78 is 6.43. The van der Waals surface area contributed by atoms with Gasteiger partial charge >= 0.3 is 0 Å². The van der Waals surface area contributed by atoms with Crippen molar-refractivity contribution in [3.05, 3.63) is 22.2 Å². The van der Waals surface area contributed by atoms with Crippen LogP contribution in [0, 0.1) is 6.92 Å². The van der Waals surface area contributed by atoms with Gasteiger partial charge < -0.3 is 15.8 Å². The zero-order chi connectivity index (χ0) is 11.0. The molecule has 4 nitrogen and oxygen atoms in total. The molecule has 1 aromatic carbocycles. The predicted molar refractivity (Wildman–Crippen MR) is 61.0 cm³/mol. The molecule has 1 unspecified atom stereocenters. The van der Waals surface area contributed by atoms with E-state index < -0.39 is 6.10 Å². The highest BCUT2D eigenvalue weighted by atomic mass is 79.9. The van der Waals surface area contributed by atoms with E-state index in [1.165, 1.54) is 0 Å². The number of nitrogens with one attached hydrogen (secondary N) is 1. The number of nitrogens with two attached hydrogens (primary N) is 1. The Morgan fingerprint density at radius 1 is 1.60 bits per heavy atom. The average molecular weight is 271 g/mol. The molecule has 0 spiro atoms. The maximum absolute atomic E-state index is 11.5. The van der Waals surface area contributed by atoms with Crippen LogP contribution >= 0.6 is 15.9 Å². The zero-order valence-electron chi connectivity index (χ0n) is 8.21. The van der Waals surface area contributed by atoms with Gasteiger partial charge in [0.2, 0.25) is 0 Å². The van der Waals surface area contributed by atoms with Crippen molar-refractivity contribution >= 4 is 27.5 Å². The van der Waals surface area contributed by atoms with E-state index >= 15 is 0 Å². The standard InChI is InChI=1S/C10H11BrN2O2/c1-5-2-6(11)3-7-9(5)15-8(4-12)10(14)13-7/h2-3,8H,4,12H2,1H3,(H,13,14). The molecular formula is C10H11BrN2O2. The number of halogens is 1. The maximum atomic E-state index is 11.5. The molecule has 1 aliphatic heterocycles. The Morgan fingerprint density at radius 3 is 3.00 bits per heavy atom. The lowest BCUT2D eigenvalue weighted by molar-refractivity contribution is -0.123. The SMILES string of the molecule is Cc1cc(Br)cc2c1OC(CN)C(=O)N2. The van der Waals surface area contributed by atoms with Gasteiger partial charge in [-0.25, -0.2) is 0 Å². The smallest absolute Gasteiger partial charge is 0.266 e. The molecule has 1 aromatic rings. The summed E-state index contributed by atoms with van der Waals surface area (Å²) in [6.07, 6.45) is -0.586. The lowest BCUT2D eigenvalue weighted by Gasteiger charge is -2.26. The van der Waals surface area contributed by atoms with E-state index in [9.17, 15) is 4.79 Å². The Balaban J connectivity index is 2.45. The number of fused-ring (bicyclic) bond motifs is 1. The number of rotatable bonds is 1. The second-order valence-corrected chi connectivity index (χ2v) is 4.35. The van der Waals surface area contributed by atoms with Gasteiger partial charge in [0.15, 0.2) is 6.10 Å². The van der Waals surface area contributed by atoms with Crippen LogP contribution in [0.15, 0.2) is 16.6 Å². The van der Waals surface area contributed by atoms with Crippen LogP contribution in [-0.2, 0) is 4.79 Å². The summed E-state index contributed by atoms with van der Waals surface area (Å²) in [6.45, 7) is 2.11. The minimum atomic E-state index is -0.586. The maximum Gasteiger partial charge on any atom is 0.266 e. The molecule has 15 heavy (non-hydrogen) atoms. The molecular weight excluding hydrogens is 260 g/mol. The lowest BCUT2D eigenvalue weighted by atomic mass is 10.1. The number of anilines is 1. The van der Waals surface area contributed by atoms with Crippen LogP contribution in [0.4, 0.5) is 5.69 Å². The predicted octanol–water partition coefficient (Wildman–Crippen LogP) is 1.42. The molecule has 0 aliphatic carbocycles. The first kappa shape index (κ1) is 10.4. The Labute approximate surface area is 95.9 Å². The fourth-order valence-corrected chi connectivity index (χ4v) is 2.12. The highest BCUT2D eigenvalue weighted by Crippen LogP contribution is 2.35. The third-order valence-corrected chi connectivity index (χ3v) is 2.72. The molecule has 80 valence electrons. The number of ether oxygens (including phenoxy) is 1. The third-order valence-electron chi connectivity index (χ3n) is 2.26. The Hall–Kier alpha value is -1.07. The molecule has 5 heteroatoms. The van der Waals surface area contributed by atoms with Gasteiger partial charge in [-0.1, -0.05) is 15.9 Å². The monoisotopic (exact) mass is 270 g/mol. The lowest BCUT2D eigenvalue weighted by Crippen LogP contribution is -2.42. The van der Waals surface area contributed by atoms with Gasteiger partial charge in [-0.3, -0.25) is 4.79 Å². The van der Waals surface area contributed by atoms with Gasteiger partial charge in [0.1, 0.15) is 5.75 Å². The molecule has 1 heterocycles. The second-order valence-electron chi connectivity index (χ2n) is 3.43. The molecule has 0 fully saturated rings. The largest absolute Gasteiger partial charge is 0.477 e. The summed E-state index contributed by atoms with van der Waals surface area (Å²) in [7, 11) is 0. The fraction of sp³-hybridized carbons (Fsp3) is 0.300. The second kappa shape index (κ2) is 3.83. The minimum absolute atomic E-state index is 0.181. The quantitative estimate of drug-likeness (QED) is 0.811. The number of benzene rings is 1. The summed E-state index contributed by atoms with van der Waals surface area (Å²) in [5.74, 6) is 0.510. The molecule has 2 rings (SSSR count). The molecule has 3 N–H and O–H groups in total. The van der Waals surface area contributed by atoms with Gasteiger partial charge in [0.05, 0.1) is 5.69 Å². The first-order chi connectivity index (χ1) is 7.11. The fourth-order valence-electron chi connectivity index (χ4n) is 1.54. The number of hydrogen-bond acceptors (Lipinski definition) is 3. The molecule has 0 bridgehead atoms. The molecule has 1 amide bonds. The van der Waals surface area contributed by atoms with Crippen molar-refractivity contribution in [3.63, 3.8) is 0 Å². The van der Waals surface area contributed by atoms with Crippen molar-refractivity contribution in [1.82, 2.24) is 0 Å². The van der Waals surface area contributed by atoms with E-state index in [4.69, 9.17) is 10.5 Å². The van der Waals surface area contributed by atoms with Crippen LogP contribution in [-0.4, -0.2) is 18.6 Å². The van der Waals surface area contributed by atoms with Gasteiger partial charge in [0, 0.05) is 11.0 Å². The molecule has 0 saturated carbocycles. The van der Waals surface area contributed by atoms with E-state index in [0.29, 0.717) is 11.4 Å². The number of carbonyl (C=O) groups is 1. The molecule has 0 saturated heterocycles. The van der Waals surface area contributed by atoms with Crippen LogP contribution < -0.4 is 15.8 Å². The van der Waals surface area contributed by atoms with E-state index in [1.54, 1.807) is 0 Å². The van der Waals surface area contributed by atoms with E-state index in [-0.39, 0.29) is 12.5 Å². The minimum Gasteiger partial charge on any atom is -0.477 e.